The molecule has 172 valence electrons. The molecule has 2 aromatic carbocycles. The third-order valence-electron chi connectivity index (χ3n) is 6.52. The van der Waals surface area contributed by atoms with Gasteiger partial charge in [0.1, 0.15) is 5.54 Å². The Morgan fingerprint density at radius 3 is 2.39 bits per heavy atom. The second kappa shape index (κ2) is 9.05. The van der Waals surface area contributed by atoms with Crippen LogP contribution in [0.5, 0.6) is 0 Å². The number of hydrogen-bond acceptors (Lipinski definition) is 4. The monoisotopic (exact) mass is 448 g/mol. The van der Waals surface area contributed by atoms with E-state index in [4.69, 9.17) is 0 Å². The van der Waals surface area contributed by atoms with Crippen molar-refractivity contribution in [3.8, 4) is 0 Å². The van der Waals surface area contributed by atoms with Crippen LogP contribution in [-0.4, -0.2) is 45.7 Å². The predicted molar refractivity (Wildman–Crippen MR) is 121 cm³/mol. The van der Waals surface area contributed by atoms with E-state index in [1.54, 1.807) is 11.8 Å². The molecule has 0 saturated carbocycles. The lowest BCUT2D eigenvalue weighted by Gasteiger charge is -2.25. The van der Waals surface area contributed by atoms with Gasteiger partial charge in [0.05, 0.1) is 12.0 Å². The highest BCUT2D eigenvalue weighted by Gasteiger charge is 2.49. The molecule has 0 radical (unpaired) electrons. The molecule has 0 aromatic heterocycles. The fourth-order valence-electron chi connectivity index (χ4n) is 4.39. The number of amides is 5. The lowest BCUT2D eigenvalue weighted by atomic mass is 9.93. The fourth-order valence-corrected chi connectivity index (χ4v) is 4.39. The van der Waals surface area contributed by atoms with Gasteiger partial charge in [0, 0.05) is 13.0 Å². The first-order valence-electron chi connectivity index (χ1n) is 11.1. The molecule has 8 heteroatoms. The molecule has 2 N–H and O–H groups in total. The van der Waals surface area contributed by atoms with Gasteiger partial charge in [-0.3, -0.25) is 19.8 Å². The lowest BCUT2D eigenvalue weighted by Crippen LogP contribution is -2.50. The first-order chi connectivity index (χ1) is 15.8. The third kappa shape index (κ3) is 4.60. The first-order valence-corrected chi connectivity index (χ1v) is 11.1. The molecule has 0 unspecified atom stereocenters. The van der Waals surface area contributed by atoms with E-state index in [0.29, 0.717) is 12.8 Å². The largest absolute Gasteiger partial charge is 0.344 e. The van der Waals surface area contributed by atoms with Crippen LogP contribution < -0.4 is 10.7 Å². The lowest BCUT2D eigenvalue weighted by molar-refractivity contribution is -0.140. The summed E-state index contributed by atoms with van der Waals surface area (Å²) >= 11 is 0. The summed E-state index contributed by atoms with van der Waals surface area (Å²) in [5.74, 6) is -1.78. The number of likely N-dealkylation sites (tertiary alicyclic amines) is 1. The maximum Gasteiger partial charge on any atom is 0.344 e. The average molecular weight is 449 g/mol. The van der Waals surface area contributed by atoms with Crippen molar-refractivity contribution in [2.75, 3.05) is 6.54 Å². The van der Waals surface area contributed by atoms with Crippen LogP contribution >= 0.6 is 0 Å². The Morgan fingerprint density at radius 2 is 1.73 bits per heavy atom. The molecule has 2 aliphatic heterocycles. The number of hydrazine groups is 1. The molecule has 8 nitrogen and oxygen atoms in total. The summed E-state index contributed by atoms with van der Waals surface area (Å²) in [4.78, 5) is 52.6. The molecule has 33 heavy (non-hydrogen) atoms. The minimum atomic E-state index is -1.11. The summed E-state index contributed by atoms with van der Waals surface area (Å²) in [6, 6.07) is 18.4. The number of nitrogens with one attached hydrogen (secondary N) is 2. The van der Waals surface area contributed by atoms with Crippen molar-refractivity contribution in [2.45, 2.75) is 44.7 Å². The van der Waals surface area contributed by atoms with Crippen molar-refractivity contribution in [1.29, 1.82) is 0 Å². The van der Waals surface area contributed by atoms with E-state index >= 15 is 0 Å². The molecule has 0 bridgehead atoms. The second-order valence-corrected chi connectivity index (χ2v) is 8.90. The molecule has 5 amide bonds. The van der Waals surface area contributed by atoms with Crippen molar-refractivity contribution < 1.29 is 19.2 Å². The van der Waals surface area contributed by atoms with Gasteiger partial charge < -0.3 is 10.2 Å². The normalized spacial score (nSPS) is 23.6. The molecule has 2 aromatic rings. The van der Waals surface area contributed by atoms with Crippen molar-refractivity contribution in [2.24, 2.45) is 5.92 Å². The molecule has 2 saturated heterocycles. The van der Waals surface area contributed by atoms with E-state index in [1.807, 2.05) is 67.6 Å². The molecular formula is C25H28N4O4. The Balaban J connectivity index is 1.37. The van der Waals surface area contributed by atoms with Gasteiger partial charge >= 0.3 is 6.03 Å². The zero-order valence-electron chi connectivity index (χ0n) is 18.8. The van der Waals surface area contributed by atoms with Gasteiger partial charge in [-0.2, -0.15) is 5.01 Å². The molecule has 2 fully saturated rings. The summed E-state index contributed by atoms with van der Waals surface area (Å²) in [7, 11) is 0. The number of aryl methyl sites for hydroxylation is 1. The Kier molecular flexibility index (Phi) is 6.18. The summed E-state index contributed by atoms with van der Waals surface area (Å²) in [5, 5.41) is 3.45. The van der Waals surface area contributed by atoms with Crippen LogP contribution in [0.3, 0.4) is 0 Å². The average Bonchev–Trinajstić information content (AvgIpc) is 3.31. The van der Waals surface area contributed by atoms with E-state index in [-0.39, 0.29) is 24.9 Å². The summed E-state index contributed by atoms with van der Waals surface area (Å²) < 4.78 is 0. The highest BCUT2D eigenvalue weighted by molar-refractivity contribution is 6.08. The van der Waals surface area contributed by atoms with Gasteiger partial charge in [-0.25, -0.2) is 4.79 Å². The quantitative estimate of drug-likeness (QED) is 0.636. The van der Waals surface area contributed by atoms with Gasteiger partial charge in [-0.15, -0.1) is 0 Å². The van der Waals surface area contributed by atoms with Crippen molar-refractivity contribution in [1.82, 2.24) is 20.7 Å². The van der Waals surface area contributed by atoms with Crippen LogP contribution in [0.15, 0.2) is 60.7 Å². The smallest absolute Gasteiger partial charge is 0.335 e. The number of rotatable bonds is 7. The number of hydrogen-bond donors (Lipinski definition) is 2. The van der Waals surface area contributed by atoms with Crippen LogP contribution in [0.4, 0.5) is 4.79 Å². The standard InChI is InChI=1S/C25H28N4O4/c1-17(19-11-7-4-8-12-19)28-16-20(15-21(28)30)22(31)27-29-23(32)25(2,26-24(29)33)14-13-18-9-5-3-6-10-18/h3-12,17,20H,13-16H2,1-2H3,(H,26,33)(H,27,31)/t17-,20+,25+/m1/s1. The van der Waals surface area contributed by atoms with Gasteiger partial charge in [0.2, 0.25) is 11.8 Å². The Labute approximate surface area is 192 Å². The van der Waals surface area contributed by atoms with E-state index in [0.717, 1.165) is 16.1 Å². The molecule has 0 aliphatic carbocycles. The van der Waals surface area contributed by atoms with E-state index in [9.17, 15) is 19.2 Å². The van der Waals surface area contributed by atoms with Crippen LogP contribution in [0.2, 0.25) is 0 Å². The zero-order valence-corrected chi connectivity index (χ0v) is 18.8. The Hall–Kier alpha value is -3.68. The van der Waals surface area contributed by atoms with Crippen LogP contribution in [0.1, 0.15) is 43.9 Å². The SMILES string of the molecule is C[C@H](c1ccccc1)N1C[C@@H](C(=O)NN2C(=O)N[C@@](C)(CCc3ccccc3)C2=O)CC1=O. The van der Waals surface area contributed by atoms with E-state index in [2.05, 4.69) is 10.7 Å². The van der Waals surface area contributed by atoms with Gasteiger partial charge in [0.25, 0.3) is 5.91 Å². The zero-order chi connectivity index (χ0) is 23.6. The van der Waals surface area contributed by atoms with E-state index in [1.165, 1.54) is 0 Å². The number of nitrogens with zero attached hydrogens (tertiary/aromatic N) is 2. The van der Waals surface area contributed by atoms with Crippen LogP contribution in [0.25, 0.3) is 0 Å². The third-order valence-corrected chi connectivity index (χ3v) is 6.52. The first kappa shape index (κ1) is 22.5. The molecule has 2 heterocycles. The highest BCUT2D eigenvalue weighted by Crippen LogP contribution is 2.29. The maximum absolute atomic E-state index is 13.0. The summed E-state index contributed by atoms with van der Waals surface area (Å²) in [6.45, 7) is 3.81. The van der Waals surface area contributed by atoms with Crippen molar-refractivity contribution in [3.63, 3.8) is 0 Å². The Morgan fingerprint density at radius 1 is 1.09 bits per heavy atom. The molecule has 2 aliphatic rings. The topological polar surface area (TPSA) is 98.8 Å². The molecule has 3 atom stereocenters. The minimum Gasteiger partial charge on any atom is -0.335 e. The number of benzene rings is 2. The number of carbonyl (C=O) groups excluding carboxylic acids is 4. The van der Waals surface area contributed by atoms with Crippen LogP contribution in [0, 0.1) is 5.92 Å². The summed E-state index contributed by atoms with van der Waals surface area (Å²) in [5.41, 5.74) is 3.37. The van der Waals surface area contributed by atoms with Crippen molar-refractivity contribution in [3.05, 3.63) is 71.8 Å². The molecular weight excluding hydrogens is 420 g/mol. The summed E-state index contributed by atoms with van der Waals surface area (Å²) in [6.07, 6.45) is 1.05. The number of carbonyl (C=O) groups is 4. The fraction of sp³-hybridized carbons (Fsp3) is 0.360. The van der Waals surface area contributed by atoms with Crippen LogP contribution in [-0.2, 0) is 20.8 Å². The Bertz CT molecular complexity index is 1060. The van der Waals surface area contributed by atoms with Gasteiger partial charge in [-0.05, 0) is 37.8 Å². The molecule has 0 spiro atoms. The van der Waals surface area contributed by atoms with Crippen molar-refractivity contribution >= 4 is 23.8 Å². The predicted octanol–water partition coefficient (Wildman–Crippen LogP) is 2.57. The number of urea groups is 1. The highest BCUT2D eigenvalue weighted by atomic mass is 16.2. The maximum atomic E-state index is 13.0. The van der Waals surface area contributed by atoms with E-state index < -0.39 is 29.3 Å². The number of imide groups is 1. The molecule has 4 rings (SSSR count). The van der Waals surface area contributed by atoms with Gasteiger partial charge in [0.15, 0.2) is 0 Å². The second-order valence-electron chi connectivity index (χ2n) is 8.90. The minimum absolute atomic E-state index is 0.0396. The van der Waals surface area contributed by atoms with Gasteiger partial charge in [-0.1, -0.05) is 60.7 Å².